The number of hydrogen-bond acceptors (Lipinski definition) is 4. The maximum Gasteiger partial charge on any atom is 0.160 e. The summed E-state index contributed by atoms with van der Waals surface area (Å²) in [5.41, 5.74) is 1.54. The quantitative estimate of drug-likeness (QED) is 0.687. The molecule has 0 N–H and O–H groups in total. The van der Waals surface area contributed by atoms with Crippen molar-refractivity contribution in [2.24, 2.45) is 0 Å². The summed E-state index contributed by atoms with van der Waals surface area (Å²) in [4.78, 5) is 13.1. The Morgan fingerprint density at radius 3 is 2.71 bits per heavy atom. The average Bonchev–Trinajstić information content (AvgIpc) is 2.91. The zero-order valence-corrected chi connectivity index (χ0v) is 12.7. The lowest BCUT2D eigenvalue weighted by molar-refractivity contribution is 0.112. The number of benzene rings is 1. The van der Waals surface area contributed by atoms with E-state index in [1.807, 2.05) is 47.0 Å². The molecule has 21 heavy (non-hydrogen) atoms. The minimum absolute atomic E-state index is 0.308. The highest BCUT2D eigenvalue weighted by Crippen LogP contribution is 2.30. The number of rotatable bonds is 4. The number of carbonyl (C=O) groups excluding carboxylic acids is 1. The van der Waals surface area contributed by atoms with Crippen LogP contribution in [-0.2, 0) is 0 Å². The van der Waals surface area contributed by atoms with Crippen LogP contribution >= 0.6 is 11.8 Å². The molecule has 0 radical (unpaired) electrons. The summed E-state index contributed by atoms with van der Waals surface area (Å²) in [6, 6.07) is 11.5. The Morgan fingerprint density at radius 1 is 1.14 bits per heavy atom. The zero-order valence-electron chi connectivity index (χ0n) is 11.9. The van der Waals surface area contributed by atoms with Crippen molar-refractivity contribution in [2.75, 3.05) is 0 Å². The van der Waals surface area contributed by atoms with Crippen molar-refractivity contribution in [3.8, 4) is 0 Å². The summed E-state index contributed by atoms with van der Waals surface area (Å²) < 4.78 is 2.01. The van der Waals surface area contributed by atoms with E-state index in [0.29, 0.717) is 11.5 Å². The molecule has 0 amide bonds. The lowest BCUT2D eigenvalue weighted by Gasteiger charge is -2.07. The molecule has 3 aromatic rings. The smallest absolute Gasteiger partial charge is 0.160 e. The third kappa shape index (κ3) is 2.69. The first-order chi connectivity index (χ1) is 10.2. The van der Waals surface area contributed by atoms with Crippen LogP contribution in [0.15, 0.2) is 52.4 Å². The van der Waals surface area contributed by atoms with Crippen LogP contribution in [0.2, 0.25) is 0 Å². The fraction of sp³-hybridized carbons (Fsp3) is 0.188. The molecule has 0 aliphatic carbocycles. The van der Waals surface area contributed by atoms with E-state index in [1.54, 1.807) is 11.8 Å². The van der Waals surface area contributed by atoms with Crippen LogP contribution in [0.3, 0.4) is 0 Å². The average molecular weight is 297 g/mol. The van der Waals surface area contributed by atoms with E-state index in [-0.39, 0.29) is 0 Å². The Hall–Kier alpha value is -2.14. The molecule has 0 spiro atoms. The molecule has 0 unspecified atom stereocenters. The van der Waals surface area contributed by atoms with Gasteiger partial charge in [0.1, 0.15) is 5.82 Å². The third-order valence-corrected chi connectivity index (χ3v) is 4.26. The van der Waals surface area contributed by atoms with Gasteiger partial charge in [-0.3, -0.25) is 9.20 Å². The molecular formula is C16H15N3OS. The van der Waals surface area contributed by atoms with E-state index in [0.717, 1.165) is 27.5 Å². The van der Waals surface area contributed by atoms with Crippen molar-refractivity contribution < 1.29 is 4.79 Å². The lowest BCUT2D eigenvalue weighted by Crippen LogP contribution is -1.97. The van der Waals surface area contributed by atoms with Gasteiger partial charge in [0.2, 0.25) is 0 Å². The molecule has 0 bridgehead atoms. The van der Waals surface area contributed by atoms with E-state index in [2.05, 4.69) is 24.0 Å². The lowest BCUT2D eigenvalue weighted by atomic mass is 10.2. The first kappa shape index (κ1) is 13.8. The van der Waals surface area contributed by atoms with Gasteiger partial charge in [-0.2, -0.15) is 0 Å². The summed E-state index contributed by atoms with van der Waals surface area (Å²) in [5.74, 6) is 1.25. The number of hydrogen-bond donors (Lipinski definition) is 0. The number of nitrogens with zero attached hydrogens (tertiary/aromatic N) is 3. The minimum Gasteiger partial charge on any atom is -0.298 e. The first-order valence-corrected chi connectivity index (χ1v) is 7.57. The molecule has 0 aliphatic heterocycles. The number of pyridine rings is 1. The van der Waals surface area contributed by atoms with Crippen molar-refractivity contribution in [3.05, 3.63) is 54.0 Å². The minimum atomic E-state index is 0.308. The molecule has 106 valence electrons. The molecule has 4 nitrogen and oxygen atoms in total. The third-order valence-electron chi connectivity index (χ3n) is 3.19. The largest absolute Gasteiger partial charge is 0.298 e. The van der Waals surface area contributed by atoms with Crippen LogP contribution < -0.4 is 0 Å². The Kier molecular flexibility index (Phi) is 3.75. The molecular weight excluding hydrogens is 282 g/mol. The predicted molar refractivity (Wildman–Crippen MR) is 83.0 cm³/mol. The Labute approximate surface area is 127 Å². The highest BCUT2D eigenvalue weighted by molar-refractivity contribution is 7.99. The van der Waals surface area contributed by atoms with Crippen LogP contribution in [0.4, 0.5) is 0 Å². The van der Waals surface area contributed by atoms with Gasteiger partial charge in [0, 0.05) is 27.5 Å². The van der Waals surface area contributed by atoms with Crippen molar-refractivity contribution in [1.29, 1.82) is 0 Å². The maximum atomic E-state index is 11.1. The monoisotopic (exact) mass is 297 g/mol. The molecule has 0 saturated carbocycles. The normalized spacial score (nSPS) is 11.2. The molecule has 0 fully saturated rings. The summed E-state index contributed by atoms with van der Waals surface area (Å²) in [6.45, 7) is 4.19. The maximum absolute atomic E-state index is 11.1. The van der Waals surface area contributed by atoms with Gasteiger partial charge in [0.15, 0.2) is 11.9 Å². The van der Waals surface area contributed by atoms with Crippen molar-refractivity contribution >= 4 is 23.7 Å². The van der Waals surface area contributed by atoms with Gasteiger partial charge in [-0.05, 0) is 18.2 Å². The SMILES string of the molecule is CC(C)c1nnc2ccc(Sc3ccccc3C=O)cn12. The first-order valence-electron chi connectivity index (χ1n) is 6.76. The fourth-order valence-electron chi connectivity index (χ4n) is 2.14. The van der Waals surface area contributed by atoms with E-state index in [9.17, 15) is 4.79 Å². The van der Waals surface area contributed by atoms with Crippen molar-refractivity contribution in [1.82, 2.24) is 14.6 Å². The van der Waals surface area contributed by atoms with Gasteiger partial charge >= 0.3 is 0 Å². The Morgan fingerprint density at radius 2 is 1.95 bits per heavy atom. The van der Waals surface area contributed by atoms with Crippen molar-refractivity contribution in [2.45, 2.75) is 29.6 Å². The fourth-order valence-corrected chi connectivity index (χ4v) is 3.07. The van der Waals surface area contributed by atoms with Gasteiger partial charge in [0.25, 0.3) is 0 Å². The molecule has 1 aromatic carbocycles. The van der Waals surface area contributed by atoms with Crippen LogP contribution in [-0.4, -0.2) is 20.9 Å². The number of aldehydes is 1. The second kappa shape index (κ2) is 5.69. The van der Waals surface area contributed by atoms with Crippen LogP contribution in [0, 0.1) is 0 Å². The molecule has 3 rings (SSSR count). The molecule has 2 heterocycles. The summed E-state index contributed by atoms with van der Waals surface area (Å²) in [7, 11) is 0. The van der Waals surface area contributed by atoms with Crippen LogP contribution in [0.5, 0.6) is 0 Å². The zero-order chi connectivity index (χ0) is 14.8. The predicted octanol–water partition coefficient (Wildman–Crippen LogP) is 3.82. The number of fused-ring (bicyclic) bond motifs is 1. The summed E-state index contributed by atoms with van der Waals surface area (Å²) >= 11 is 1.57. The standard InChI is InChI=1S/C16H15N3OS/c1-11(2)16-18-17-15-8-7-13(9-19(15)16)21-14-6-4-3-5-12(14)10-20/h3-11H,1-2H3. The van der Waals surface area contributed by atoms with Gasteiger partial charge in [-0.15, -0.1) is 10.2 Å². The van der Waals surface area contributed by atoms with Gasteiger partial charge < -0.3 is 0 Å². The Balaban J connectivity index is 2.01. The summed E-state index contributed by atoms with van der Waals surface area (Å²) in [5, 5.41) is 8.39. The van der Waals surface area contributed by atoms with E-state index >= 15 is 0 Å². The van der Waals surface area contributed by atoms with Gasteiger partial charge in [0.05, 0.1) is 0 Å². The second-order valence-electron chi connectivity index (χ2n) is 5.06. The van der Waals surface area contributed by atoms with Crippen LogP contribution in [0.1, 0.15) is 35.9 Å². The molecule has 0 atom stereocenters. The second-order valence-corrected chi connectivity index (χ2v) is 6.18. The van der Waals surface area contributed by atoms with Gasteiger partial charge in [-0.1, -0.05) is 43.8 Å². The van der Waals surface area contributed by atoms with Crippen LogP contribution in [0.25, 0.3) is 5.65 Å². The molecule has 0 saturated heterocycles. The number of carbonyl (C=O) groups is 1. The molecule has 2 aromatic heterocycles. The van der Waals surface area contributed by atoms with E-state index < -0.39 is 0 Å². The Bertz CT molecular complexity index is 795. The molecule has 0 aliphatic rings. The highest BCUT2D eigenvalue weighted by atomic mass is 32.2. The van der Waals surface area contributed by atoms with Gasteiger partial charge in [-0.25, -0.2) is 0 Å². The van der Waals surface area contributed by atoms with E-state index in [4.69, 9.17) is 0 Å². The summed E-state index contributed by atoms with van der Waals surface area (Å²) in [6.07, 6.45) is 2.91. The highest BCUT2D eigenvalue weighted by Gasteiger charge is 2.10. The topological polar surface area (TPSA) is 47.3 Å². The van der Waals surface area contributed by atoms with E-state index in [1.165, 1.54) is 0 Å². The molecule has 5 heteroatoms. The number of aromatic nitrogens is 3. The van der Waals surface area contributed by atoms with Crippen molar-refractivity contribution in [3.63, 3.8) is 0 Å².